The van der Waals surface area contributed by atoms with Gasteiger partial charge in [-0.15, -0.1) is 0 Å². The Morgan fingerprint density at radius 1 is 1.32 bits per heavy atom. The molecule has 1 fully saturated rings. The number of carbonyl (C=O) groups is 2. The number of halogens is 2. The minimum Gasteiger partial charge on any atom is -0.349 e. The average molecular weight is 353 g/mol. The van der Waals surface area contributed by atoms with Gasteiger partial charge in [0, 0.05) is 25.6 Å². The molecule has 138 valence electrons. The van der Waals surface area contributed by atoms with Gasteiger partial charge in [-0.25, -0.2) is 8.78 Å². The summed E-state index contributed by atoms with van der Waals surface area (Å²) in [6.45, 7) is 3.33. The highest BCUT2D eigenvalue weighted by Crippen LogP contribution is 2.25. The van der Waals surface area contributed by atoms with Crippen molar-refractivity contribution in [2.24, 2.45) is 5.92 Å². The number of benzene rings is 1. The van der Waals surface area contributed by atoms with E-state index in [1.165, 1.54) is 13.0 Å². The Bertz CT molecular complexity index is 602. The second-order valence-electron chi connectivity index (χ2n) is 6.50. The van der Waals surface area contributed by atoms with Crippen molar-refractivity contribution in [2.75, 3.05) is 26.7 Å². The van der Waals surface area contributed by atoms with Crippen LogP contribution in [0.2, 0.25) is 0 Å². The molecule has 0 saturated carbocycles. The monoisotopic (exact) mass is 353 g/mol. The Labute approximate surface area is 146 Å². The number of likely N-dealkylation sites (tertiary alicyclic amines) is 1. The van der Waals surface area contributed by atoms with E-state index >= 15 is 0 Å². The molecule has 0 unspecified atom stereocenters. The summed E-state index contributed by atoms with van der Waals surface area (Å²) in [6.07, 6.45) is 1.78. The lowest BCUT2D eigenvalue weighted by atomic mass is 9.96. The van der Waals surface area contributed by atoms with Crippen molar-refractivity contribution in [3.63, 3.8) is 0 Å². The Morgan fingerprint density at radius 2 is 2.00 bits per heavy atom. The van der Waals surface area contributed by atoms with Gasteiger partial charge in [0.2, 0.25) is 11.8 Å². The van der Waals surface area contributed by atoms with E-state index in [1.54, 1.807) is 4.90 Å². The van der Waals surface area contributed by atoms with Crippen LogP contribution >= 0.6 is 0 Å². The molecule has 1 aromatic rings. The topological polar surface area (TPSA) is 61.4 Å². The molecule has 1 saturated heterocycles. The first-order valence-electron chi connectivity index (χ1n) is 8.55. The SMILES string of the molecule is CNC[C@H]1CCCN(C(=O)C[C@@H](NC(C)=O)c2c(F)cccc2F)C1. The zero-order valence-electron chi connectivity index (χ0n) is 14.6. The summed E-state index contributed by atoms with van der Waals surface area (Å²) in [5, 5.41) is 5.62. The third kappa shape index (κ3) is 5.22. The molecule has 1 aliphatic heterocycles. The Balaban J connectivity index is 2.14. The Morgan fingerprint density at radius 3 is 2.60 bits per heavy atom. The molecule has 0 aliphatic carbocycles. The smallest absolute Gasteiger partial charge is 0.225 e. The molecular formula is C18H25F2N3O2. The molecule has 2 rings (SSSR count). The fourth-order valence-corrected chi connectivity index (χ4v) is 3.36. The molecule has 5 nitrogen and oxygen atoms in total. The van der Waals surface area contributed by atoms with Crippen LogP contribution in [0.5, 0.6) is 0 Å². The molecule has 1 aromatic carbocycles. The summed E-state index contributed by atoms with van der Waals surface area (Å²) in [6, 6.07) is 2.49. The van der Waals surface area contributed by atoms with Crippen LogP contribution in [0.1, 0.15) is 37.8 Å². The van der Waals surface area contributed by atoms with Crippen LogP contribution in [-0.2, 0) is 9.59 Å². The summed E-state index contributed by atoms with van der Waals surface area (Å²) >= 11 is 0. The highest BCUT2D eigenvalue weighted by Gasteiger charge is 2.28. The van der Waals surface area contributed by atoms with Crippen LogP contribution in [-0.4, -0.2) is 43.4 Å². The largest absolute Gasteiger partial charge is 0.349 e. The van der Waals surface area contributed by atoms with Gasteiger partial charge in [0.05, 0.1) is 12.5 Å². The van der Waals surface area contributed by atoms with Crippen LogP contribution in [0, 0.1) is 17.6 Å². The minimum absolute atomic E-state index is 0.163. The van der Waals surface area contributed by atoms with E-state index in [2.05, 4.69) is 10.6 Å². The lowest BCUT2D eigenvalue weighted by Crippen LogP contribution is -2.44. The molecule has 7 heteroatoms. The van der Waals surface area contributed by atoms with Crippen molar-refractivity contribution < 1.29 is 18.4 Å². The van der Waals surface area contributed by atoms with Gasteiger partial charge >= 0.3 is 0 Å². The number of carbonyl (C=O) groups excluding carboxylic acids is 2. The molecule has 2 N–H and O–H groups in total. The maximum absolute atomic E-state index is 14.1. The first kappa shape index (κ1) is 19.3. The lowest BCUT2D eigenvalue weighted by Gasteiger charge is -2.34. The van der Waals surface area contributed by atoms with E-state index in [1.807, 2.05) is 7.05 Å². The van der Waals surface area contributed by atoms with Crippen molar-refractivity contribution in [1.29, 1.82) is 0 Å². The summed E-state index contributed by atoms with van der Waals surface area (Å²) in [4.78, 5) is 25.8. The van der Waals surface area contributed by atoms with E-state index in [0.29, 0.717) is 19.0 Å². The van der Waals surface area contributed by atoms with Crippen molar-refractivity contribution in [3.8, 4) is 0 Å². The molecule has 0 aromatic heterocycles. The van der Waals surface area contributed by atoms with Gasteiger partial charge in [0.25, 0.3) is 0 Å². The normalized spacial score (nSPS) is 18.7. The van der Waals surface area contributed by atoms with Crippen molar-refractivity contribution >= 4 is 11.8 Å². The summed E-state index contributed by atoms with van der Waals surface area (Å²) in [7, 11) is 1.87. The first-order valence-corrected chi connectivity index (χ1v) is 8.55. The number of rotatable bonds is 6. The molecule has 0 radical (unpaired) electrons. The fraction of sp³-hybridized carbons (Fsp3) is 0.556. The van der Waals surface area contributed by atoms with Gasteiger partial charge in [-0.1, -0.05) is 6.07 Å². The maximum Gasteiger partial charge on any atom is 0.225 e. The van der Waals surface area contributed by atoms with Gasteiger partial charge in [-0.05, 0) is 44.5 Å². The van der Waals surface area contributed by atoms with Crippen LogP contribution < -0.4 is 10.6 Å². The zero-order valence-corrected chi connectivity index (χ0v) is 14.6. The maximum atomic E-state index is 14.1. The Kier molecular flexibility index (Phi) is 6.87. The first-order chi connectivity index (χ1) is 11.9. The second-order valence-corrected chi connectivity index (χ2v) is 6.50. The number of amides is 2. The predicted octanol–water partition coefficient (Wildman–Crippen LogP) is 1.99. The fourth-order valence-electron chi connectivity index (χ4n) is 3.36. The number of nitrogens with zero attached hydrogens (tertiary/aromatic N) is 1. The third-order valence-corrected chi connectivity index (χ3v) is 4.47. The molecule has 0 bridgehead atoms. The van der Waals surface area contributed by atoms with E-state index in [-0.39, 0.29) is 17.9 Å². The van der Waals surface area contributed by atoms with Crippen LogP contribution in [0.25, 0.3) is 0 Å². The van der Waals surface area contributed by atoms with Gasteiger partial charge < -0.3 is 15.5 Å². The number of hydrogen-bond donors (Lipinski definition) is 2. The number of nitrogens with one attached hydrogen (secondary N) is 2. The molecule has 1 aliphatic rings. The molecular weight excluding hydrogens is 328 g/mol. The van der Waals surface area contributed by atoms with E-state index in [9.17, 15) is 18.4 Å². The zero-order chi connectivity index (χ0) is 18.4. The van der Waals surface area contributed by atoms with Crippen LogP contribution in [0.4, 0.5) is 8.78 Å². The van der Waals surface area contributed by atoms with Gasteiger partial charge in [-0.3, -0.25) is 9.59 Å². The third-order valence-electron chi connectivity index (χ3n) is 4.47. The van der Waals surface area contributed by atoms with E-state index in [0.717, 1.165) is 31.5 Å². The minimum atomic E-state index is -1.02. The summed E-state index contributed by atoms with van der Waals surface area (Å²) in [5.41, 5.74) is -0.269. The average Bonchev–Trinajstić information content (AvgIpc) is 2.54. The highest BCUT2D eigenvalue weighted by molar-refractivity contribution is 5.79. The Hall–Kier alpha value is -2.02. The molecule has 25 heavy (non-hydrogen) atoms. The summed E-state index contributed by atoms with van der Waals surface area (Å²) < 4.78 is 28.2. The van der Waals surface area contributed by atoms with Gasteiger partial charge in [0.15, 0.2) is 0 Å². The van der Waals surface area contributed by atoms with E-state index in [4.69, 9.17) is 0 Å². The standard InChI is InChI=1S/C18H25F2N3O2/c1-12(24)22-16(18-14(19)6-3-7-15(18)20)9-17(25)23-8-4-5-13(11-23)10-21-2/h3,6-7,13,16,21H,4-5,8-11H2,1-2H3,(H,22,24)/t13-,16-/m1/s1. The molecule has 2 atom stereocenters. The second kappa shape index (κ2) is 8.89. The van der Waals surface area contributed by atoms with Crippen molar-refractivity contribution in [3.05, 3.63) is 35.4 Å². The molecule has 0 spiro atoms. The number of hydrogen-bond acceptors (Lipinski definition) is 3. The van der Waals surface area contributed by atoms with Gasteiger partial charge in [0.1, 0.15) is 11.6 Å². The lowest BCUT2D eigenvalue weighted by molar-refractivity contribution is -0.133. The predicted molar refractivity (Wildman–Crippen MR) is 90.8 cm³/mol. The van der Waals surface area contributed by atoms with E-state index < -0.39 is 23.6 Å². The van der Waals surface area contributed by atoms with Gasteiger partial charge in [-0.2, -0.15) is 0 Å². The number of piperidine rings is 1. The van der Waals surface area contributed by atoms with Crippen LogP contribution in [0.15, 0.2) is 18.2 Å². The van der Waals surface area contributed by atoms with Crippen molar-refractivity contribution in [1.82, 2.24) is 15.5 Å². The van der Waals surface area contributed by atoms with Crippen LogP contribution in [0.3, 0.4) is 0 Å². The quantitative estimate of drug-likeness (QED) is 0.822. The molecule has 2 amide bonds. The highest BCUT2D eigenvalue weighted by atomic mass is 19.1. The van der Waals surface area contributed by atoms with Crippen molar-refractivity contribution in [2.45, 2.75) is 32.2 Å². The summed E-state index contributed by atoms with van der Waals surface area (Å²) in [5.74, 6) is -1.81. The molecule has 1 heterocycles.